The van der Waals surface area contributed by atoms with Crippen LogP contribution in [0.5, 0.6) is 0 Å². The summed E-state index contributed by atoms with van der Waals surface area (Å²) in [4.78, 5) is 19.3. The topological polar surface area (TPSA) is 145 Å². The minimum absolute atomic E-state index is 0.190. The average Bonchev–Trinajstić information content (AvgIpc) is 2.98. The van der Waals surface area contributed by atoms with Gasteiger partial charge in [-0.3, -0.25) is 0 Å². The Labute approximate surface area is 234 Å². The van der Waals surface area contributed by atoms with Crippen LogP contribution in [-0.2, 0) is 0 Å². The minimum Gasteiger partial charge on any atom is -0.395 e. The third kappa shape index (κ3) is 6.05. The first-order chi connectivity index (χ1) is 23.4. The summed E-state index contributed by atoms with van der Waals surface area (Å²) in [7, 11) is 0. The van der Waals surface area contributed by atoms with Crippen molar-refractivity contribution in [2.45, 2.75) is 38.5 Å². The Hall–Kier alpha value is -2.54. The second-order valence-corrected chi connectivity index (χ2v) is 8.05. The summed E-state index contributed by atoms with van der Waals surface area (Å²) in [5.41, 5.74) is -0.824. The van der Waals surface area contributed by atoms with Gasteiger partial charge in [0.25, 0.3) is 0 Å². The summed E-state index contributed by atoms with van der Waals surface area (Å²) in [6, 6.07) is 0. The molecule has 2 saturated heterocycles. The first kappa shape index (κ1) is 12.8. The number of hydrogen-bond acceptors (Lipinski definition) is 12. The number of fused-ring (bicyclic) bond motifs is 1. The van der Waals surface area contributed by atoms with Gasteiger partial charge in [0.15, 0.2) is 11.6 Å². The average molecular weight is 521 g/mol. The molecule has 0 unspecified atom stereocenters. The van der Waals surface area contributed by atoms with E-state index in [0.29, 0.717) is 25.7 Å². The lowest BCUT2D eigenvalue weighted by Gasteiger charge is -2.33. The highest BCUT2D eigenvalue weighted by Gasteiger charge is 2.27. The van der Waals surface area contributed by atoms with E-state index >= 15 is 0 Å². The summed E-state index contributed by atoms with van der Waals surface area (Å²) in [5.74, 6) is -2.91. The molecule has 0 aromatic carbocycles. The van der Waals surface area contributed by atoms with E-state index in [1.165, 1.54) is 9.80 Å². The smallest absolute Gasteiger partial charge is 0.228 e. The zero-order chi connectivity index (χ0) is 39.7. The maximum atomic E-state index is 10.2. The monoisotopic (exact) mass is 520 g/mol. The molecule has 0 radical (unpaired) electrons. The Morgan fingerprint density at radius 2 is 0.889 bits per heavy atom. The van der Waals surface area contributed by atoms with Crippen LogP contribution < -0.4 is 19.6 Å². The summed E-state index contributed by atoms with van der Waals surface area (Å²) < 4.78 is 130. The van der Waals surface area contributed by atoms with Crippen LogP contribution in [-0.4, -0.2) is 119 Å². The number of aromatic nitrogens is 4. The molecule has 2 fully saturated rings. The van der Waals surface area contributed by atoms with Gasteiger partial charge in [0.2, 0.25) is 11.9 Å². The first-order valence-electron chi connectivity index (χ1n) is 19.5. The number of piperidine rings is 2. The standard InChI is InChI=1S/C24H40N8O4/c33-15-11-31(12-16-34)23-26-20-19(21(27-23)29-7-3-1-4-8-29)25-24(32(13-17-35)14-18-36)28-22(20)30-9-5-2-6-10-30/h33-36H,1-18H2/i11D2,12D2,13D2,14D2,15D2,16D2,17D2,18D2. The van der Waals surface area contributed by atoms with E-state index in [1.54, 1.807) is 0 Å². The fourth-order valence-corrected chi connectivity index (χ4v) is 4.27. The van der Waals surface area contributed by atoms with Gasteiger partial charge in [0.05, 0.1) is 48.2 Å². The summed E-state index contributed by atoms with van der Waals surface area (Å²) in [6.45, 7) is -30.7. The SMILES string of the molecule is [2H]C([2H])(O)C([2H])([2H])N(c1nc(N2CCCCC2)c2nc(N(C([2H])([2H])C([2H])([2H])O)C([2H])([2H])C([2H])([2H])O)nc(N3CCCCC3)c2n1)C([2H])([2H])C([2H])([2H])O. The van der Waals surface area contributed by atoms with E-state index in [0.717, 1.165) is 12.8 Å². The quantitative estimate of drug-likeness (QED) is 0.298. The van der Waals surface area contributed by atoms with Crippen molar-refractivity contribution in [3.8, 4) is 0 Å². The second-order valence-electron chi connectivity index (χ2n) is 8.05. The van der Waals surface area contributed by atoms with Gasteiger partial charge in [-0.1, -0.05) is 0 Å². The summed E-state index contributed by atoms with van der Waals surface area (Å²) in [6.07, 6.45) is 3.54. The van der Waals surface area contributed by atoms with Crippen molar-refractivity contribution in [2.24, 2.45) is 0 Å². The molecule has 200 valence electrons. The van der Waals surface area contributed by atoms with E-state index in [-0.39, 0.29) is 47.6 Å². The van der Waals surface area contributed by atoms with Gasteiger partial charge in [-0.05, 0) is 38.5 Å². The minimum atomic E-state index is -3.95. The van der Waals surface area contributed by atoms with E-state index in [2.05, 4.69) is 19.9 Å². The van der Waals surface area contributed by atoms with Crippen molar-refractivity contribution in [3.05, 3.63) is 0 Å². The fourth-order valence-electron chi connectivity index (χ4n) is 4.27. The number of nitrogens with zero attached hydrogens (tertiary/aromatic N) is 8. The molecule has 0 spiro atoms. The predicted molar refractivity (Wildman–Crippen MR) is 140 cm³/mol. The zero-order valence-corrected chi connectivity index (χ0v) is 19.4. The van der Waals surface area contributed by atoms with E-state index in [4.69, 9.17) is 21.9 Å². The highest BCUT2D eigenvalue weighted by Crippen LogP contribution is 2.34. The van der Waals surface area contributed by atoms with Crippen molar-refractivity contribution in [1.82, 2.24) is 19.9 Å². The van der Waals surface area contributed by atoms with Gasteiger partial charge in [0.1, 0.15) is 11.0 Å². The van der Waals surface area contributed by atoms with Crippen LogP contribution in [0.3, 0.4) is 0 Å². The third-order valence-electron chi connectivity index (χ3n) is 5.84. The Bertz CT molecular complexity index is 1440. The molecule has 0 saturated carbocycles. The van der Waals surface area contributed by atoms with Crippen LogP contribution in [0.25, 0.3) is 11.0 Å². The molecular formula is C24H40N8O4. The van der Waals surface area contributed by atoms with Crippen LogP contribution in [0.4, 0.5) is 23.5 Å². The third-order valence-corrected chi connectivity index (χ3v) is 5.84. The molecule has 0 bridgehead atoms. The number of anilines is 4. The van der Waals surface area contributed by atoms with Crippen molar-refractivity contribution < 1.29 is 42.4 Å². The summed E-state index contributed by atoms with van der Waals surface area (Å²) >= 11 is 0. The number of aliphatic hydroxyl groups is 4. The molecule has 2 aromatic rings. The molecule has 4 heterocycles. The molecule has 2 aromatic heterocycles. The van der Waals surface area contributed by atoms with Crippen molar-refractivity contribution >= 4 is 34.6 Å². The highest BCUT2D eigenvalue weighted by atomic mass is 16.3. The fraction of sp³-hybridized carbons (Fsp3) is 0.750. The predicted octanol–water partition coefficient (Wildman–Crippen LogP) is -0.0176. The van der Waals surface area contributed by atoms with Crippen molar-refractivity contribution in [3.63, 3.8) is 0 Å². The van der Waals surface area contributed by atoms with Crippen LogP contribution in [0.1, 0.15) is 60.5 Å². The molecule has 4 N–H and O–H groups in total. The van der Waals surface area contributed by atoms with E-state index in [9.17, 15) is 20.4 Å². The normalized spacial score (nSPS) is 26.3. The molecule has 2 aliphatic heterocycles. The van der Waals surface area contributed by atoms with Crippen LogP contribution in [0.2, 0.25) is 0 Å². The van der Waals surface area contributed by atoms with Gasteiger partial charge < -0.3 is 40.0 Å². The number of rotatable bonds is 12. The van der Waals surface area contributed by atoms with E-state index in [1.807, 2.05) is 0 Å². The molecular weight excluding hydrogens is 464 g/mol. The maximum Gasteiger partial charge on any atom is 0.228 e. The summed E-state index contributed by atoms with van der Waals surface area (Å²) in [5, 5.41) is 41.0. The molecule has 36 heavy (non-hydrogen) atoms. The van der Waals surface area contributed by atoms with Gasteiger partial charge >= 0.3 is 0 Å². The second kappa shape index (κ2) is 13.1. The zero-order valence-electron chi connectivity index (χ0n) is 35.4. The lowest BCUT2D eigenvalue weighted by atomic mass is 10.1. The Balaban J connectivity index is 2.24. The Morgan fingerprint density at radius 3 is 1.19 bits per heavy atom. The lowest BCUT2D eigenvalue weighted by Crippen LogP contribution is -2.36. The molecule has 0 atom stereocenters. The lowest BCUT2D eigenvalue weighted by molar-refractivity contribution is 0.279. The van der Waals surface area contributed by atoms with Gasteiger partial charge in [-0.15, -0.1) is 0 Å². The maximum absolute atomic E-state index is 10.2. The Morgan fingerprint density at radius 1 is 0.556 bits per heavy atom. The van der Waals surface area contributed by atoms with Crippen LogP contribution in [0.15, 0.2) is 0 Å². The van der Waals surface area contributed by atoms with Gasteiger partial charge in [0, 0.05) is 52.2 Å². The molecule has 0 aliphatic carbocycles. The first-order valence-corrected chi connectivity index (χ1v) is 11.5. The van der Waals surface area contributed by atoms with Crippen molar-refractivity contribution in [1.29, 1.82) is 0 Å². The Kier molecular flexibility index (Phi) is 4.67. The number of hydrogen-bond donors (Lipinski definition) is 4. The van der Waals surface area contributed by atoms with Gasteiger partial charge in [-0.2, -0.15) is 9.97 Å². The van der Waals surface area contributed by atoms with Gasteiger partial charge in [-0.25, -0.2) is 9.97 Å². The molecule has 12 nitrogen and oxygen atoms in total. The van der Waals surface area contributed by atoms with Crippen molar-refractivity contribution in [2.75, 3.05) is 98.0 Å². The molecule has 2 aliphatic rings. The molecule has 4 rings (SSSR count). The molecule has 0 amide bonds. The van der Waals surface area contributed by atoms with Crippen LogP contribution >= 0.6 is 0 Å². The van der Waals surface area contributed by atoms with Crippen LogP contribution in [0, 0.1) is 0 Å². The molecule has 12 heteroatoms. The van der Waals surface area contributed by atoms with E-state index < -0.39 is 75.2 Å². The largest absolute Gasteiger partial charge is 0.395 e. The highest BCUT2D eigenvalue weighted by molar-refractivity contribution is 5.95.